The smallest absolute Gasteiger partial charge is 0.0613 e. The average molecular weight is 430 g/mol. The molecule has 0 aliphatic heterocycles. The van der Waals surface area contributed by atoms with Crippen molar-refractivity contribution in [2.75, 3.05) is 13.2 Å². The van der Waals surface area contributed by atoms with Crippen LogP contribution in [0, 0.1) is 46.3 Å². The molecule has 4 aliphatic rings. The molecule has 0 spiro atoms. The van der Waals surface area contributed by atoms with Gasteiger partial charge in [-0.1, -0.05) is 65.5 Å². The van der Waals surface area contributed by atoms with Crippen molar-refractivity contribution in [1.29, 1.82) is 0 Å². The third-order valence-corrected chi connectivity index (χ3v) is 10.7. The maximum absolute atomic E-state index is 6.07. The van der Waals surface area contributed by atoms with Gasteiger partial charge in [0.1, 0.15) is 0 Å². The Morgan fingerprint density at radius 1 is 1.03 bits per heavy atom. The van der Waals surface area contributed by atoms with E-state index in [1.807, 2.05) is 0 Å². The highest BCUT2D eigenvalue weighted by Crippen LogP contribution is 2.67. The Morgan fingerprint density at radius 2 is 1.84 bits per heavy atom. The predicted molar refractivity (Wildman–Crippen MR) is 132 cm³/mol. The zero-order valence-corrected chi connectivity index (χ0v) is 21.3. The fourth-order valence-electron chi connectivity index (χ4n) is 9.03. The summed E-state index contributed by atoms with van der Waals surface area (Å²) < 4.78 is 6.07. The minimum absolute atomic E-state index is 0.413. The van der Waals surface area contributed by atoms with Crippen LogP contribution in [0.4, 0.5) is 0 Å². The van der Waals surface area contributed by atoms with Gasteiger partial charge in [-0.25, -0.2) is 0 Å². The van der Waals surface area contributed by atoms with Gasteiger partial charge in [0.25, 0.3) is 0 Å². The maximum Gasteiger partial charge on any atom is 0.0613 e. The van der Waals surface area contributed by atoms with E-state index in [1.165, 1.54) is 64.2 Å². The molecule has 4 rings (SSSR count). The van der Waals surface area contributed by atoms with Gasteiger partial charge in [0, 0.05) is 6.54 Å². The van der Waals surface area contributed by atoms with Crippen molar-refractivity contribution in [3.8, 4) is 0 Å². The summed E-state index contributed by atoms with van der Waals surface area (Å²) in [6.45, 7) is 14.0. The van der Waals surface area contributed by atoms with Gasteiger partial charge >= 0.3 is 0 Å². The van der Waals surface area contributed by atoms with E-state index < -0.39 is 0 Å². The molecule has 0 heterocycles. The summed E-state index contributed by atoms with van der Waals surface area (Å²) in [4.78, 5) is 0. The minimum atomic E-state index is 0.413. The van der Waals surface area contributed by atoms with Gasteiger partial charge in [-0.15, -0.1) is 0 Å². The van der Waals surface area contributed by atoms with Crippen LogP contribution >= 0.6 is 0 Å². The van der Waals surface area contributed by atoms with Crippen molar-refractivity contribution >= 4 is 0 Å². The molecule has 8 atom stereocenters. The molecule has 0 aromatic carbocycles. The van der Waals surface area contributed by atoms with Crippen molar-refractivity contribution in [2.24, 2.45) is 52.1 Å². The molecule has 178 valence electrons. The zero-order valence-electron chi connectivity index (χ0n) is 21.3. The number of fused-ring (bicyclic) bond motifs is 5. The first kappa shape index (κ1) is 23.8. The van der Waals surface area contributed by atoms with Crippen molar-refractivity contribution in [1.82, 2.24) is 0 Å². The Balaban J connectivity index is 1.45. The van der Waals surface area contributed by atoms with Crippen LogP contribution in [0.1, 0.15) is 105 Å². The molecular formula is C29H51NO. The van der Waals surface area contributed by atoms with Crippen LogP contribution in [0.25, 0.3) is 0 Å². The van der Waals surface area contributed by atoms with Crippen LogP contribution in [-0.4, -0.2) is 19.3 Å². The molecule has 0 unspecified atom stereocenters. The van der Waals surface area contributed by atoms with E-state index in [4.69, 9.17) is 10.5 Å². The Bertz CT molecular complexity index is 641. The van der Waals surface area contributed by atoms with E-state index >= 15 is 0 Å². The van der Waals surface area contributed by atoms with Gasteiger partial charge in [0.05, 0.1) is 12.7 Å². The molecule has 31 heavy (non-hydrogen) atoms. The number of ether oxygens (including phenoxy) is 1. The van der Waals surface area contributed by atoms with Gasteiger partial charge in [0.2, 0.25) is 0 Å². The Hall–Kier alpha value is -0.340. The lowest BCUT2D eigenvalue weighted by Crippen LogP contribution is -2.51. The second-order valence-corrected chi connectivity index (χ2v) is 12.8. The van der Waals surface area contributed by atoms with Crippen LogP contribution in [0.2, 0.25) is 0 Å². The van der Waals surface area contributed by atoms with Gasteiger partial charge in [-0.05, 0) is 97.7 Å². The van der Waals surface area contributed by atoms with E-state index in [1.54, 1.807) is 5.57 Å². The monoisotopic (exact) mass is 429 g/mol. The molecule has 2 N–H and O–H groups in total. The quantitative estimate of drug-likeness (QED) is 0.409. The molecule has 3 saturated carbocycles. The molecule has 0 aromatic rings. The summed E-state index contributed by atoms with van der Waals surface area (Å²) in [7, 11) is 0. The Morgan fingerprint density at radius 3 is 2.58 bits per heavy atom. The first-order chi connectivity index (χ1) is 14.8. The summed E-state index contributed by atoms with van der Waals surface area (Å²) in [5.41, 5.74) is 8.46. The molecule has 0 bridgehead atoms. The van der Waals surface area contributed by atoms with Crippen LogP contribution in [0.5, 0.6) is 0 Å². The lowest BCUT2D eigenvalue weighted by Gasteiger charge is -2.58. The number of allylic oxidation sites excluding steroid dienone is 1. The zero-order chi connectivity index (χ0) is 22.2. The number of hydrogen-bond acceptors (Lipinski definition) is 2. The number of rotatable bonds is 8. The molecule has 2 nitrogen and oxygen atoms in total. The minimum Gasteiger partial charge on any atom is -0.377 e. The highest BCUT2D eigenvalue weighted by molar-refractivity contribution is 5.25. The standard InChI is InChI=1S/C29H51NO/c1-20(2)7-6-8-21(3)25-11-12-26-24-10-9-22-19-23(31-18-17-30)13-15-28(22,4)27(24)14-16-29(25,26)5/h9,20-21,23-27H,6-8,10-19,30H2,1-5H3/t21-,23+,24+,25-,26+,27+,28+,29-/m1/s1. The van der Waals surface area contributed by atoms with Crippen LogP contribution in [-0.2, 0) is 4.74 Å². The second-order valence-electron chi connectivity index (χ2n) is 12.8. The Kier molecular flexibility index (Phi) is 7.29. The van der Waals surface area contributed by atoms with E-state index in [9.17, 15) is 0 Å². The number of hydrogen-bond donors (Lipinski definition) is 1. The number of nitrogens with two attached hydrogens (primary N) is 1. The van der Waals surface area contributed by atoms with Crippen molar-refractivity contribution < 1.29 is 4.74 Å². The predicted octanol–water partition coefficient (Wildman–Crippen LogP) is 7.37. The second kappa shape index (κ2) is 9.49. The fourth-order valence-corrected chi connectivity index (χ4v) is 9.03. The van der Waals surface area contributed by atoms with E-state index in [0.29, 0.717) is 23.5 Å². The summed E-state index contributed by atoms with van der Waals surface area (Å²) in [5, 5.41) is 0. The Labute approximate surface area is 193 Å². The third kappa shape index (κ3) is 4.42. The largest absolute Gasteiger partial charge is 0.377 e. The van der Waals surface area contributed by atoms with Crippen molar-refractivity contribution in [2.45, 2.75) is 111 Å². The summed E-state index contributed by atoms with van der Waals surface area (Å²) >= 11 is 0. The summed E-state index contributed by atoms with van der Waals surface area (Å²) in [6, 6.07) is 0. The highest BCUT2D eigenvalue weighted by atomic mass is 16.5. The lowest BCUT2D eigenvalue weighted by atomic mass is 9.47. The summed E-state index contributed by atoms with van der Waals surface area (Å²) in [6.07, 6.45) is 18.4. The van der Waals surface area contributed by atoms with Crippen molar-refractivity contribution in [3.63, 3.8) is 0 Å². The van der Waals surface area contributed by atoms with Crippen LogP contribution in [0.15, 0.2) is 11.6 Å². The first-order valence-corrected chi connectivity index (χ1v) is 13.8. The normalized spacial score (nSPS) is 43.2. The van der Waals surface area contributed by atoms with Crippen molar-refractivity contribution in [3.05, 3.63) is 11.6 Å². The molecule has 0 aromatic heterocycles. The molecule has 2 heteroatoms. The SMILES string of the molecule is CC(C)CCC[C@@H](C)[C@H]1CC[C@H]2[C@@H]3CC=C4C[C@@H](OCCN)CC[C@]4(C)[C@H]3CC[C@]12C. The summed E-state index contributed by atoms with van der Waals surface area (Å²) in [5.74, 6) is 5.53. The average Bonchev–Trinajstić information content (AvgIpc) is 3.09. The fraction of sp³-hybridized carbons (Fsp3) is 0.931. The highest BCUT2D eigenvalue weighted by Gasteiger charge is 2.59. The molecular weight excluding hydrogens is 378 g/mol. The maximum atomic E-state index is 6.07. The lowest BCUT2D eigenvalue weighted by molar-refractivity contribution is -0.0634. The molecule has 0 saturated heterocycles. The van der Waals surface area contributed by atoms with E-state index in [2.05, 4.69) is 40.7 Å². The topological polar surface area (TPSA) is 35.2 Å². The van der Waals surface area contributed by atoms with Gasteiger partial charge in [0.15, 0.2) is 0 Å². The molecule has 0 amide bonds. The van der Waals surface area contributed by atoms with Crippen LogP contribution < -0.4 is 5.73 Å². The first-order valence-electron chi connectivity index (χ1n) is 13.8. The third-order valence-electron chi connectivity index (χ3n) is 10.7. The molecule has 3 fully saturated rings. The van der Waals surface area contributed by atoms with Gasteiger partial charge in [-0.2, -0.15) is 0 Å². The van der Waals surface area contributed by atoms with E-state index in [0.717, 1.165) is 48.5 Å². The van der Waals surface area contributed by atoms with Gasteiger partial charge < -0.3 is 10.5 Å². The molecule has 4 aliphatic carbocycles. The van der Waals surface area contributed by atoms with Crippen LogP contribution in [0.3, 0.4) is 0 Å². The van der Waals surface area contributed by atoms with Gasteiger partial charge in [-0.3, -0.25) is 0 Å². The molecule has 0 radical (unpaired) electrons. The van der Waals surface area contributed by atoms with E-state index in [-0.39, 0.29) is 0 Å².